The molecule has 0 fully saturated rings. The number of benzene rings is 2. The first-order valence-corrected chi connectivity index (χ1v) is 12.1. The molecule has 0 aliphatic carbocycles. The lowest BCUT2D eigenvalue weighted by molar-refractivity contribution is 0.670. The largest absolute Gasteiger partial charge is 0.363 e. The van der Waals surface area contributed by atoms with E-state index in [2.05, 4.69) is 122 Å². The molecule has 1 aliphatic rings. The fourth-order valence-corrected chi connectivity index (χ4v) is 4.76. The predicted molar refractivity (Wildman–Crippen MR) is 142 cm³/mol. The lowest BCUT2D eigenvalue weighted by Gasteiger charge is -2.32. The fraction of sp³-hybridized carbons (Fsp3) is 0.267. The van der Waals surface area contributed by atoms with Gasteiger partial charge in [0.05, 0.1) is 35.9 Å². The number of anilines is 2. The van der Waals surface area contributed by atoms with E-state index in [1.165, 1.54) is 11.4 Å². The molecule has 0 spiro atoms. The third-order valence-corrected chi connectivity index (χ3v) is 6.50. The van der Waals surface area contributed by atoms with Gasteiger partial charge in [0.2, 0.25) is 0 Å². The fourth-order valence-electron chi connectivity index (χ4n) is 4.76. The van der Waals surface area contributed by atoms with Gasteiger partial charge >= 0.3 is 0 Å². The maximum Gasteiger partial charge on any atom is 0.0726 e. The van der Waals surface area contributed by atoms with Crippen molar-refractivity contribution >= 4 is 11.4 Å². The Labute approximate surface area is 202 Å². The number of hydrogen-bond donors (Lipinski definition) is 0. The topological polar surface area (TPSA) is 32.3 Å². The molecule has 34 heavy (non-hydrogen) atoms. The van der Waals surface area contributed by atoms with Crippen molar-refractivity contribution in [2.24, 2.45) is 0 Å². The number of para-hydroxylation sites is 2. The van der Waals surface area contributed by atoms with Crippen LogP contribution < -0.4 is 9.80 Å². The van der Waals surface area contributed by atoms with Crippen molar-refractivity contribution in [1.82, 2.24) is 9.97 Å². The summed E-state index contributed by atoms with van der Waals surface area (Å²) in [5.74, 6) is 0. The van der Waals surface area contributed by atoms with Gasteiger partial charge in [0.25, 0.3) is 0 Å². The molecule has 4 aromatic rings. The van der Waals surface area contributed by atoms with E-state index in [1.807, 2.05) is 0 Å². The van der Waals surface area contributed by atoms with E-state index in [-0.39, 0.29) is 0 Å². The zero-order valence-corrected chi connectivity index (χ0v) is 20.4. The lowest BCUT2D eigenvalue weighted by Crippen LogP contribution is -2.32. The number of rotatable bonds is 2. The summed E-state index contributed by atoms with van der Waals surface area (Å²) in [4.78, 5) is 15.1. The molecule has 0 saturated carbocycles. The molecular weight excluding hydrogens is 416 g/mol. The van der Waals surface area contributed by atoms with Gasteiger partial charge in [0.1, 0.15) is 0 Å². The summed E-state index contributed by atoms with van der Waals surface area (Å²) in [5.41, 5.74) is 8.82. The molecule has 4 heteroatoms. The van der Waals surface area contributed by atoms with Crippen molar-refractivity contribution in [2.75, 3.05) is 9.80 Å². The van der Waals surface area contributed by atoms with Gasteiger partial charge < -0.3 is 9.80 Å². The molecule has 172 valence electrons. The molecule has 3 heterocycles. The second-order valence-corrected chi connectivity index (χ2v) is 9.51. The molecule has 0 radical (unpaired) electrons. The Kier molecular flexibility index (Phi) is 6.06. The zero-order valence-electron chi connectivity index (χ0n) is 20.4. The highest BCUT2D eigenvalue weighted by molar-refractivity contribution is 5.78. The van der Waals surface area contributed by atoms with Crippen LogP contribution in [0.25, 0.3) is 22.5 Å². The number of nitrogens with zero attached hydrogens (tertiary/aromatic N) is 4. The third kappa shape index (κ3) is 4.28. The van der Waals surface area contributed by atoms with E-state index < -0.39 is 0 Å². The van der Waals surface area contributed by atoms with Crippen molar-refractivity contribution in [1.29, 1.82) is 0 Å². The molecule has 0 atom stereocenters. The Morgan fingerprint density at radius 2 is 0.941 bits per heavy atom. The first kappa shape index (κ1) is 22.1. The summed E-state index contributed by atoms with van der Waals surface area (Å²) < 4.78 is 0. The average molecular weight is 449 g/mol. The third-order valence-electron chi connectivity index (χ3n) is 6.50. The van der Waals surface area contributed by atoms with Gasteiger partial charge in [-0.1, -0.05) is 48.5 Å². The molecule has 0 amide bonds. The van der Waals surface area contributed by atoms with Crippen LogP contribution in [0.15, 0.2) is 84.9 Å². The Bertz CT molecular complexity index is 1190. The standard InChI is InChI=1S/C30H32N4/c1-21(2)33-19-23-11-9-16-28(31-23)26-14-6-8-18-30(26)34(22(3)4)20-24-12-10-15-27(32-24)25-13-5-7-17-29(25)33/h5-18,21-22H,19-20H2,1-4H3. The summed E-state index contributed by atoms with van der Waals surface area (Å²) in [7, 11) is 0. The zero-order chi connectivity index (χ0) is 23.7. The molecule has 0 saturated heterocycles. The van der Waals surface area contributed by atoms with E-state index in [4.69, 9.17) is 9.97 Å². The Morgan fingerprint density at radius 3 is 1.35 bits per heavy atom. The number of hydrogen-bond acceptors (Lipinski definition) is 4. The molecule has 0 unspecified atom stereocenters. The summed E-state index contributed by atoms with van der Waals surface area (Å²) in [5, 5.41) is 0. The number of pyridine rings is 2. The van der Waals surface area contributed by atoms with E-state index >= 15 is 0 Å². The normalized spacial score (nSPS) is 13.5. The van der Waals surface area contributed by atoms with E-state index in [1.54, 1.807) is 0 Å². The van der Waals surface area contributed by atoms with Gasteiger partial charge in [-0.25, -0.2) is 0 Å². The van der Waals surface area contributed by atoms with Crippen molar-refractivity contribution in [3.8, 4) is 22.5 Å². The minimum atomic E-state index is 0.311. The highest BCUT2D eigenvalue weighted by Gasteiger charge is 2.21. The molecule has 0 N–H and O–H groups in total. The van der Waals surface area contributed by atoms with E-state index in [9.17, 15) is 0 Å². The maximum absolute atomic E-state index is 5.15. The van der Waals surface area contributed by atoms with Crippen LogP contribution in [0.2, 0.25) is 0 Å². The molecule has 2 aromatic carbocycles. The number of fused-ring (bicyclic) bond motifs is 8. The van der Waals surface area contributed by atoms with Crippen molar-refractivity contribution in [3.63, 3.8) is 0 Å². The van der Waals surface area contributed by atoms with Crippen molar-refractivity contribution in [2.45, 2.75) is 52.9 Å². The second-order valence-electron chi connectivity index (χ2n) is 9.51. The Balaban J connectivity index is 1.76. The minimum absolute atomic E-state index is 0.311. The summed E-state index contributed by atoms with van der Waals surface area (Å²) in [6.45, 7) is 10.4. The number of aromatic nitrogens is 2. The first-order chi connectivity index (χ1) is 16.5. The Hall–Kier alpha value is -3.66. The monoisotopic (exact) mass is 448 g/mol. The minimum Gasteiger partial charge on any atom is -0.363 e. The highest BCUT2D eigenvalue weighted by atomic mass is 15.2. The summed E-state index contributed by atoms with van der Waals surface area (Å²) in [6, 6.07) is 30.6. The van der Waals surface area contributed by atoms with Gasteiger partial charge in [-0.3, -0.25) is 9.97 Å². The van der Waals surface area contributed by atoms with Gasteiger partial charge in [0.15, 0.2) is 0 Å². The predicted octanol–water partition coefficient (Wildman–Crippen LogP) is 6.95. The van der Waals surface area contributed by atoms with Gasteiger partial charge in [-0.2, -0.15) is 0 Å². The molecule has 5 rings (SSSR count). The smallest absolute Gasteiger partial charge is 0.0726 e. The lowest BCUT2D eigenvalue weighted by atomic mass is 10.0. The second kappa shape index (κ2) is 9.30. The molecule has 4 nitrogen and oxygen atoms in total. The van der Waals surface area contributed by atoms with Crippen LogP contribution in [-0.4, -0.2) is 22.1 Å². The molecular formula is C30H32N4. The SMILES string of the molecule is CC(C)N1Cc2cccc(n2)-c2ccccc2N(C(C)C)Cc2cccc(n2)-c2ccccc21. The van der Waals surface area contributed by atoms with Crippen LogP contribution in [0.5, 0.6) is 0 Å². The van der Waals surface area contributed by atoms with Crippen LogP contribution >= 0.6 is 0 Å². The van der Waals surface area contributed by atoms with Crippen molar-refractivity contribution in [3.05, 3.63) is 96.3 Å². The van der Waals surface area contributed by atoms with Crippen LogP contribution in [0, 0.1) is 0 Å². The van der Waals surface area contributed by atoms with Gasteiger partial charge in [0, 0.05) is 34.6 Å². The molecule has 4 bridgehead atoms. The van der Waals surface area contributed by atoms with Crippen molar-refractivity contribution < 1.29 is 0 Å². The van der Waals surface area contributed by atoms with Crippen LogP contribution in [0.4, 0.5) is 11.4 Å². The van der Waals surface area contributed by atoms with Crippen LogP contribution in [0.3, 0.4) is 0 Å². The first-order valence-electron chi connectivity index (χ1n) is 12.1. The van der Waals surface area contributed by atoms with Crippen LogP contribution in [-0.2, 0) is 13.1 Å². The molecule has 2 aromatic heterocycles. The summed E-state index contributed by atoms with van der Waals surface area (Å²) in [6.07, 6.45) is 0. The van der Waals surface area contributed by atoms with Crippen LogP contribution in [0.1, 0.15) is 39.1 Å². The van der Waals surface area contributed by atoms with E-state index in [0.717, 1.165) is 47.0 Å². The molecule has 1 aliphatic heterocycles. The quantitative estimate of drug-likeness (QED) is 0.332. The average Bonchev–Trinajstić information content (AvgIpc) is 2.85. The summed E-state index contributed by atoms with van der Waals surface area (Å²) >= 11 is 0. The highest BCUT2D eigenvalue weighted by Crippen LogP contribution is 2.35. The van der Waals surface area contributed by atoms with Gasteiger partial charge in [-0.15, -0.1) is 0 Å². The van der Waals surface area contributed by atoms with Gasteiger partial charge in [-0.05, 0) is 64.1 Å². The van der Waals surface area contributed by atoms with E-state index in [0.29, 0.717) is 12.1 Å². The maximum atomic E-state index is 5.15. The Morgan fingerprint density at radius 1 is 0.529 bits per heavy atom.